The summed E-state index contributed by atoms with van der Waals surface area (Å²) in [5, 5.41) is 2.67. The third-order valence-corrected chi connectivity index (χ3v) is 3.56. The average Bonchev–Trinajstić information content (AvgIpc) is 2.57. The molecule has 0 aliphatic carbocycles. The minimum absolute atomic E-state index is 0.243. The van der Waals surface area contributed by atoms with E-state index in [1.54, 1.807) is 49.4 Å². The van der Waals surface area contributed by atoms with Gasteiger partial charge < -0.3 is 20.5 Å². The number of methoxy groups -OCH3 is 1. The van der Waals surface area contributed by atoms with Gasteiger partial charge in [0.1, 0.15) is 5.75 Å². The van der Waals surface area contributed by atoms with E-state index in [4.69, 9.17) is 15.2 Å². The van der Waals surface area contributed by atoms with Gasteiger partial charge in [0.15, 0.2) is 6.10 Å². The predicted octanol–water partition coefficient (Wildman–Crippen LogP) is 2.77. The number of esters is 1. The molecule has 0 aliphatic heterocycles. The fraction of sp³-hybridized carbons (Fsp3) is 0.222. The van der Waals surface area contributed by atoms with E-state index in [9.17, 15) is 9.59 Å². The Morgan fingerprint density at radius 3 is 2.54 bits per heavy atom. The van der Waals surface area contributed by atoms with Crippen LogP contribution in [0.15, 0.2) is 42.5 Å². The van der Waals surface area contributed by atoms with Crippen LogP contribution in [-0.2, 0) is 9.53 Å². The first-order valence-electron chi connectivity index (χ1n) is 7.44. The number of hydrogen-bond acceptors (Lipinski definition) is 5. The summed E-state index contributed by atoms with van der Waals surface area (Å²) >= 11 is 0. The molecule has 0 aliphatic rings. The summed E-state index contributed by atoms with van der Waals surface area (Å²) in [4.78, 5) is 24.4. The lowest BCUT2D eigenvalue weighted by atomic mass is 10.1. The summed E-state index contributed by atoms with van der Waals surface area (Å²) in [5.74, 6) is -0.578. The Morgan fingerprint density at radius 1 is 1.12 bits per heavy atom. The molecule has 126 valence electrons. The maximum atomic E-state index is 12.2. The zero-order chi connectivity index (χ0) is 17.7. The molecule has 2 aromatic rings. The smallest absolute Gasteiger partial charge is 0.341 e. The number of para-hydroxylation sites is 3. The number of amides is 1. The monoisotopic (exact) mass is 328 g/mol. The van der Waals surface area contributed by atoms with E-state index in [-0.39, 0.29) is 5.56 Å². The van der Waals surface area contributed by atoms with Crippen LogP contribution in [0.5, 0.6) is 5.75 Å². The van der Waals surface area contributed by atoms with Crippen LogP contribution in [0.1, 0.15) is 22.8 Å². The average molecular weight is 328 g/mol. The molecule has 24 heavy (non-hydrogen) atoms. The lowest BCUT2D eigenvalue weighted by molar-refractivity contribution is -0.123. The second kappa shape index (κ2) is 7.50. The Bertz CT molecular complexity index is 758. The van der Waals surface area contributed by atoms with E-state index < -0.39 is 18.0 Å². The molecule has 2 rings (SSSR count). The van der Waals surface area contributed by atoms with Crippen LogP contribution in [0.3, 0.4) is 0 Å². The molecule has 0 bridgehead atoms. The zero-order valence-electron chi connectivity index (χ0n) is 13.8. The van der Waals surface area contributed by atoms with E-state index in [1.807, 2.05) is 0 Å². The second-order valence-electron chi connectivity index (χ2n) is 5.27. The maximum Gasteiger partial charge on any atom is 0.341 e. The molecule has 0 spiro atoms. The molecule has 1 atom stereocenters. The molecule has 6 heteroatoms. The number of rotatable bonds is 5. The summed E-state index contributed by atoms with van der Waals surface area (Å²) in [6.07, 6.45) is -0.984. The van der Waals surface area contributed by atoms with Crippen molar-refractivity contribution in [3.63, 3.8) is 0 Å². The first-order valence-corrected chi connectivity index (χ1v) is 7.44. The van der Waals surface area contributed by atoms with Gasteiger partial charge in [-0.05, 0) is 37.6 Å². The van der Waals surface area contributed by atoms with Crippen molar-refractivity contribution in [3.05, 3.63) is 53.6 Å². The minimum Gasteiger partial charge on any atom is -0.495 e. The molecular weight excluding hydrogens is 308 g/mol. The summed E-state index contributed by atoms with van der Waals surface area (Å²) in [5.41, 5.74) is 7.74. The fourth-order valence-electron chi connectivity index (χ4n) is 2.12. The molecule has 0 heterocycles. The van der Waals surface area contributed by atoms with Crippen molar-refractivity contribution in [2.24, 2.45) is 0 Å². The van der Waals surface area contributed by atoms with Crippen LogP contribution in [-0.4, -0.2) is 25.1 Å². The Labute approximate surface area is 140 Å². The number of carbonyl (C=O) groups excluding carboxylic acids is 2. The number of nitrogen functional groups attached to an aromatic ring is 1. The number of benzene rings is 2. The van der Waals surface area contributed by atoms with E-state index in [1.165, 1.54) is 14.0 Å². The zero-order valence-corrected chi connectivity index (χ0v) is 13.8. The van der Waals surface area contributed by atoms with Crippen molar-refractivity contribution in [1.29, 1.82) is 0 Å². The highest BCUT2D eigenvalue weighted by Crippen LogP contribution is 2.23. The Hall–Kier alpha value is -3.02. The van der Waals surface area contributed by atoms with Crippen LogP contribution < -0.4 is 15.8 Å². The van der Waals surface area contributed by atoms with Gasteiger partial charge in [0.05, 0.1) is 18.4 Å². The van der Waals surface area contributed by atoms with Crippen LogP contribution in [0, 0.1) is 6.92 Å². The molecule has 0 saturated heterocycles. The molecule has 0 unspecified atom stereocenters. The first kappa shape index (κ1) is 17.3. The molecule has 3 N–H and O–H groups in total. The Kier molecular flexibility index (Phi) is 5.42. The molecular formula is C18H20N2O4. The molecule has 6 nitrogen and oxygen atoms in total. The van der Waals surface area contributed by atoms with Gasteiger partial charge in [-0.15, -0.1) is 0 Å². The summed E-state index contributed by atoms with van der Waals surface area (Å²) in [7, 11) is 1.51. The number of carbonyl (C=O) groups is 2. The van der Waals surface area contributed by atoms with Crippen molar-refractivity contribution in [3.8, 4) is 5.75 Å². The van der Waals surface area contributed by atoms with Crippen LogP contribution in [0.4, 0.5) is 11.4 Å². The number of hydrogen-bond donors (Lipinski definition) is 2. The standard InChI is InChI=1S/C18H20N2O4/c1-11-7-6-8-13(16(11)19)18(22)24-12(2)17(21)20-14-9-4-5-10-15(14)23-3/h4-10,12H,19H2,1-3H3,(H,20,21)/t12-/m0/s1. The summed E-state index contributed by atoms with van der Waals surface area (Å²) in [6, 6.07) is 12.0. The minimum atomic E-state index is -0.984. The highest BCUT2D eigenvalue weighted by atomic mass is 16.5. The lowest BCUT2D eigenvalue weighted by Gasteiger charge is -2.16. The van der Waals surface area contributed by atoms with Gasteiger partial charge in [0, 0.05) is 5.69 Å². The summed E-state index contributed by atoms with van der Waals surface area (Å²) < 4.78 is 10.4. The molecule has 0 aromatic heterocycles. The number of anilines is 2. The van der Waals surface area contributed by atoms with Gasteiger partial charge in [-0.25, -0.2) is 4.79 Å². The molecule has 0 fully saturated rings. The number of aryl methyl sites for hydroxylation is 1. The summed E-state index contributed by atoms with van der Waals surface area (Å²) in [6.45, 7) is 3.29. The van der Waals surface area contributed by atoms with Crippen molar-refractivity contribution >= 4 is 23.3 Å². The van der Waals surface area contributed by atoms with Gasteiger partial charge in [-0.2, -0.15) is 0 Å². The van der Waals surface area contributed by atoms with Gasteiger partial charge >= 0.3 is 5.97 Å². The van der Waals surface area contributed by atoms with E-state index in [2.05, 4.69) is 5.32 Å². The Morgan fingerprint density at radius 2 is 1.83 bits per heavy atom. The van der Waals surface area contributed by atoms with Crippen LogP contribution in [0.25, 0.3) is 0 Å². The highest BCUT2D eigenvalue weighted by molar-refractivity contribution is 6.00. The number of nitrogens with two attached hydrogens (primary N) is 1. The van der Waals surface area contributed by atoms with Gasteiger partial charge in [-0.3, -0.25) is 4.79 Å². The number of nitrogens with one attached hydrogen (secondary N) is 1. The third kappa shape index (κ3) is 3.84. The van der Waals surface area contributed by atoms with E-state index in [0.29, 0.717) is 17.1 Å². The highest BCUT2D eigenvalue weighted by Gasteiger charge is 2.21. The third-order valence-electron chi connectivity index (χ3n) is 3.56. The maximum absolute atomic E-state index is 12.2. The van der Waals surface area contributed by atoms with Crippen LogP contribution in [0.2, 0.25) is 0 Å². The number of ether oxygens (including phenoxy) is 2. The van der Waals surface area contributed by atoms with Crippen LogP contribution >= 0.6 is 0 Å². The largest absolute Gasteiger partial charge is 0.495 e. The van der Waals surface area contributed by atoms with Gasteiger partial charge in [0.25, 0.3) is 5.91 Å². The Balaban J connectivity index is 2.06. The van der Waals surface area contributed by atoms with Gasteiger partial charge in [0.2, 0.25) is 0 Å². The quantitative estimate of drug-likeness (QED) is 0.650. The molecule has 0 saturated carbocycles. The van der Waals surface area contributed by atoms with Crippen molar-refractivity contribution < 1.29 is 19.1 Å². The van der Waals surface area contributed by atoms with E-state index >= 15 is 0 Å². The molecule has 0 radical (unpaired) electrons. The SMILES string of the molecule is COc1ccccc1NC(=O)[C@H](C)OC(=O)c1cccc(C)c1N. The second-order valence-corrected chi connectivity index (χ2v) is 5.27. The van der Waals surface area contributed by atoms with Gasteiger partial charge in [-0.1, -0.05) is 24.3 Å². The van der Waals surface area contributed by atoms with Crippen molar-refractivity contribution in [1.82, 2.24) is 0 Å². The fourth-order valence-corrected chi connectivity index (χ4v) is 2.12. The van der Waals surface area contributed by atoms with E-state index in [0.717, 1.165) is 5.56 Å². The molecule has 1 amide bonds. The molecule has 2 aromatic carbocycles. The predicted molar refractivity (Wildman–Crippen MR) is 92.1 cm³/mol. The lowest BCUT2D eigenvalue weighted by Crippen LogP contribution is -2.30. The first-order chi connectivity index (χ1) is 11.4. The topological polar surface area (TPSA) is 90.6 Å². The normalized spacial score (nSPS) is 11.5. The van der Waals surface area contributed by atoms with Crippen molar-refractivity contribution in [2.45, 2.75) is 20.0 Å². The van der Waals surface area contributed by atoms with Crippen molar-refractivity contribution in [2.75, 3.05) is 18.2 Å².